The van der Waals surface area contributed by atoms with Crippen LogP contribution < -0.4 is 30.5 Å². The molecule has 9 aromatic carbocycles. The summed E-state index contributed by atoms with van der Waals surface area (Å²) in [7, 11) is -6.55. The molecule has 0 radical (unpaired) electrons. The summed E-state index contributed by atoms with van der Waals surface area (Å²) < 4.78 is 0. The first-order valence-electron chi connectivity index (χ1n) is 23.1. The molecule has 0 amide bonds. The van der Waals surface area contributed by atoms with Crippen molar-refractivity contribution < 1.29 is 0 Å². The van der Waals surface area contributed by atoms with Crippen molar-refractivity contribution in [2.45, 2.75) is 78.6 Å². The molecule has 0 saturated carbocycles. The summed E-state index contributed by atoms with van der Waals surface area (Å²) in [4.78, 5) is 5.02. The number of anilines is 6. The maximum Gasteiger partial charge on any atom is 0.0776 e. The number of hydrogen-bond acceptors (Lipinski definition) is 2. The first-order chi connectivity index (χ1) is 30.2. The number of fused-ring (bicyclic) bond motifs is 4. The highest BCUT2D eigenvalue weighted by Crippen LogP contribution is 2.41. The predicted molar refractivity (Wildman–Crippen MR) is 298 cm³/mol. The molecule has 0 bridgehead atoms. The second kappa shape index (κ2) is 16.2. The first-order valence-corrected chi connectivity index (χ1v) is 37.1. The van der Waals surface area contributed by atoms with Gasteiger partial charge in [0.25, 0.3) is 0 Å². The Kier molecular flexibility index (Phi) is 11.1. The Morgan fingerprint density at radius 3 is 0.766 bits per heavy atom. The fraction of sp³-hybridized carbons (Fsp3) is 0.207. The van der Waals surface area contributed by atoms with Gasteiger partial charge in [0.2, 0.25) is 0 Å². The molecule has 64 heavy (non-hydrogen) atoms. The van der Waals surface area contributed by atoms with Gasteiger partial charge in [0, 0.05) is 34.1 Å². The largest absolute Gasteiger partial charge is 0.310 e. The first kappa shape index (κ1) is 43.7. The zero-order valence-electron chi connectivity index (χ0n) is 40.1. The van der Waals surface area contributed by atoms with E-state index < -0.39 is 32.3 Å². The predicted octanol–water partition coefficient (Wildman–Crippen LogP) is 15.4. The molecule has 322 valence electrons. The molecule has 0 fully saturated rings. The third-order valence-electron chi connectivity index (χ3n) is 13.1. The summed E-state index contributed by atoms with van der Waals surface area (Å²) in [5, 5.41) is 16.0. The van der Waals surface area contributed by atoms with Crippen LogP contribution in [0.3, 0.4) is 0 Å². The van der Waals surface area contributed by atoms with Crippen molar-refractivity contribution in [2.24, 2.45) is 0 Å². The second-order valence-corrected chi connectivity index (χ2v) is 42.5. The summed E-state index contributed by atoms with van der Waals surface area (Å²) in [5.41, 5.74) is 7.22. The SMILES string of the molecule is C[Si](C)(C)c1cc(N(c2ccc3ccccc3c2)c2ccc3cc4cc(N(c5cc([Si](C)(C)C)cc([Si](C)(C)C)c5)c5ccc6ccccc6c5)ccc4cc3c2)cc([Si](C)(C)C)c1. The second-order valence-electron chi connectivity index (χ2n) is 22.2. The molecule has 2 nitrogen and oxygen atoms in total. The van der Waals surface area contributed by atoms with Crippen LogP contribution in [0.4, 0.5) is 34.1 Å². The quantitative estimate of drug-likeness (QED) is 0.0997. The van der Waals surface area contributed by atoms with Gasteiger partial charge in [0.15, 0.2) is 0 Å². The minimum absolute atomic E-state index is 1.18. The fourth-order valence-electron chi connectivity index (χ4n) is 8.99. The molecule has 0 aliphatic heterocycles. The Balaban J connectivity index is 1.21. The highest BCUT2D eigenvalue weighted by molar-refractivity contribution is 6.92. The van der Waals surface area contributed by atoms with Gasteiger partial charge in [0.1, 0.15) is 0 Å². The molecule has 0 N–H and O–H groups in total. The van der Waals surface area contributed by atoms with E-state index in [1.165, 1.54) is 98.0 Å². The van der Waals surface area contributed by atoms with Crippen molar-refractivity contribution in [3.63, 3.8) is 0 Å². The Hall–Kier alpha value is -5.51. The van der Waals surface area contributed by atoms with Gasteiger partial charge in [-0.1, -0.05) is 184 Å². The summed E-state index contributed by atoms with van der Waals surface area (Å²) >= 11 is 0. The van der Waals surface area contributed by atoms with E-state index >= 15 is 0 Å². The number of hydrogen-bond donors (Lipinski definition) is 0. The third kappa shape index (κ3) is 8.81. The van der Waals surface area contributed by atoms with Crippen LogP contribution in [-0.4, -0.2) is 32.3 Å². The van der Waals surface area contributed by atoms with Crippen LogP contribution in [0.2, 0.25) is 78.6 Å². The molecule has 0 spiro atoms. The minimum atomic E-state index is -1.64. The molecule has 6 heteroatoms. The lowest BCUT2D eigenvalue weighted by molar-refractivity contribution is 1.30. The molecule has 0 saturated heterocycles. The van der Waals surface area contributed by atoms with Gasteiger partial charge in [-0.3, -0.25) is 0 Å². The van der Waals surface area contributed by atoms with Crippen molar-refractivity contribution in [2.75, 3.05) is 9.80 Å². The minimum Gasteiger partial charge on any atom is -0.310 e. The summed E-state index contributed by atoms with van der Waals surface area (Å²) in [5.74, 6) is 0. The molecular formula is C58H64N2Si4. The van der Waals surface area contributed by atoms with E-state index in [0.717, 1.165) is 0 Å². The molecule has 0 unspecified atom stereocenters. The summed E-state index contributed by atoms with van der Waals surface area (Å²) in [6, 6.07) is 65.4. The van der Waals surface area contributed by atoms with Crippen LogP contribution in [0.15, 0.2) is 170 Å². The van der Waals surface area contributed by atoms with E-state index in [4.69, 9.17) is 0 Å². The highest BCUT2D eigenvalue weighted by Gasteiger charge is 2.27. The van der Waals surface area contributed by atoms with E-state index in [1.54, 1.807) is 0 Å². The lowest BCUT2D eigenvalue weighted by Crippen LogP contribution is -2.45. The normalized spacial score (nSPS) is 12.7. The van der Waals surface area contributed by atoms with Gasteiger partial charge < -0.3 is 9.80 Å². The van der Waals surface area contributed by atoms with Crippen molar-refractivity contribution in [3.05, 3.63) is 170 Å². The average Bonchev–Trinajstić information content (AvgIpc) is 3.24. The van der Waals surface area contributed by atoms with Crippen molar-refractivity contribution >= 4 is 130 Å². The molecule has 0 aliphatic carbocycles. The highest BCUT2D eigenvalue weighted by atomic mass is 28.3. The van der Waals surface area contributed by atoms with E-state index in [9.17, 15) is 0 Å². The van der Waals surface area contributed by atoms with Crippen LogP contribution in [0, 0.1) is 0 Å². The van der Waals surface area contributed by atoms with E-state index in [0.29, 0.717) is 0 Å². The Bertz CT molecular complexity index is 2950. The summed E-state index contributed by atoms with van der Waals surface area (Å²) in [6.45, 7) is 29.7. The Labute approximate surface area is 386 Å². The van der Waals surface area contributed by atoms with Gasteiger partial charge in [-0.15, -0.1) is 0 Å². The molecule has 0 aliphatic rings. The van der Waals surface area contributed by atoms with E-state index in [2.05, 4.69) is 258 Å². The molecule has 9 rings (SSSR count). The molecule has 0 heterocycles. The van der Waals surface area contributed by atoms with Gasteiger partial charge in [-0.05, 0) is 128 Å². The Morgan fingerprint density at radius 2 is 0.469 bits per heavy atom. The van der Waals surface area contributed by atoms with Crippen molar-refractivity contribution in [1.29, 1.82) is 0 Å². The number of nitrogens with zero attached hydrogens (tertiary/aromatic N) is 2. The molecule has 0 atom stereocenters. The molecular weight excluding hydrogens is 837 g/mol. The topological polar surface area (TPSA) is 6.48 Å². The van der Waals surface area contributed by atoms with E-state index in [-0.39, 0.29) is 0 Å². The number of benzene rings is 9. The van der Waals surface area contributed by atoms with Crippen LogP contribution in [0.1, 0.15) is 0 Å². The van der Waals surface area contributed by atoms with Gasteiger partial charge >= 0.3 is 0 Å². The van der Waals surface area contributed by atoms with Crippen LogP contribution >= 0.6 is 0 Å². The molecule has 0 aromatic heterocycles. The zero-order chi connectivity index (χ0) is 45.3. The van der Waals surface area contributed by atoms with Crippen LogP contribution in [0.5, 0.6) is 0 Å². The summed E-state index contributed by atoms with van der Waals surface area (Å²) in [6.07, 6.45) is 0. The maximum absolute atomic E-state index is 2.54. The smallest absolute Gasteiger partial charge is 0.0776 e. The van der Waals surface area contributed by atoms with E-state index in [1.807, 2.05) is 0 Å². The van der Waals surface area contributed by atoms with Gasteiger partial charge in [-0.2, -0.15) is 0 Å². The van der Waals surface area contributed by atoms with Crippen molar-refractivity contribution in [3.8, 4) is 0 Å². The monoisotopic (exact) mass is 900 g/mol. The third-order valence-corrected chi connectivity index (χ3v) is 21.2. The lowest BCUT2D eigenvalue weighted by Gasteiger charge is -2.31. The zero-order valence-corrected chi connectivity index (χ0v) is 44.1. The van der Waals surface area contributed by atoms with Gasteiger partial charge in [0.05, 0.1) is 32.3 Å². The molecule has 9 aromatic rings. The standard InChI is InChI=1S/C58H64N2Si4/c1-61(2,3)55-35-53(36-56(39-55)62(4,5)6)59(49-25-21-41-17-13-15-19-43(41)31-49)51-27-23-45-30-48-34-52(28-24-46(48)29-47(45)33-51)60(50-26-22-42-18-14-16-20-44(42)32-50)54-37-57(63(7,8)9)40-58(38-54)64(10,11)12/h13-40H,1-12H3. The maximum atomic E-state index is 2.54. The van der Waals surface area contributed by atoms with Gasteiger partial charge in [-0.25, -0.2) is 0 Å². The van der Waals surface area contributed by atoms with Crippen LogP contribution in [0.25, 0.3) is 43.1 Å². The van der Waals surface area contributed by atoms with Crippen molar-refractivity contribution in [1.82, 2.24) is 0 Å². The lowest BCUT2D eigenvalue weighted by atomic mass is 10.0. The number of rotatable bonds is 10. The fourth-order valence-corrected chi connectivity index (χ4v) is 14.0. The Morgan fingerprint density at radius 1 is 0.219 bits per heavy atom. The van der Waals surface area contributed by atoms with Crippen LogP contribution in [-0.2, 0) is 0 Å². The average molecular weight is 902 g/mol.